The van der Waals surface area contributed by atoms with E-state index in [0.29, 0.717) is 6.54 Å². The number of esters is 1. The van der Waals surface area contributed by atoms with E-state index in [1.165, 1.54) is 18.2 Å². The first-order valence-corrected chi connectivity index (χ1v) is 8.18. The van der Waals surface area contributed by atoms with E-state index >= 15 is 0 Å². The van der Waals surface area contributed by atoms with Crippen molar-refractivity contribution in [2.45, 2.75) is 45.6 Å². The van der Waals surface area contributed by atoms with E-state index in [2.05, 4.69) is 42.1 Å². The normalized spacial score (nSPS) is 17.7. The topological polar surface area (TPSA) is 58.6 Å². The number of methoxy groups -OCH3 is 1. The maximum absolute atomic E-state index is 12.2. The highest BCUT2D eigenvalue weighted by Gasteiger charge is 2.23. The highest BCUT2D eigenvalue weighted by molar-refractivity contribution is 5.81. The van der Waals surface area contributed by atoms with Gasteiger partial charge < -0.3 is 15.0 Å². The number of piperidine rings is 1. The fraction of sp³-hybridized carbons (Fsp3) is 0.556. The average molecular weight is 318 g/mol. The number of rotatable bonds is 5. The van der Waals surface area contributed by atoms with Crippen molar-refractivity contribution in [3.05, 3.63) is 29.3 Å². The highest BCUT2D eigenvalue weighted by Crippen LogP contribution is 2.19. The minimum atomic E-state index is -0.333. The molecular weight excluding hydrogens is 292 g/mol. The Labute approximate surface area is 138 Å². The van der Waals surface area contributed by atoms with Gasteiger partial charge in [-0.15, -0.1) is 0 Å². The third-order valence-corrected chi connectivity index (χ3v) is 4.42. The van der Waals surface area contributed by atoms with Gasteiger partial charge in [0.05, 0.1) is 13.5 Å². The van der Waals surface area contributed by atoms with Crippen LogP contribution in [0.3, 0.4) is 0 Å². The molecule has 1 heterocycles. The maximum atomic E-state index is 12.2. The molecule has 0 bridgehead atoms. The Morgan fingerprint density at radius 3 is 2.74 bits per heavy atom. The minimum Gasteiger partial charge on any atom is -0.469 e. The molecule has 1 N–H and O–H groups in total. The van der Waals surface area contributed by atoms with Gasteiger partial charge >= 0.3 is 5.97 Å². The van der Waals surface area contributed by atoms with Crippen molar-refractivity contribution >= 4 is 17.6 Å². The summed E-state index contributed by atoms with van der Waals surface area (Å²) in [6, 6.07) is 6.60. The lowest BCUT2D eigenvalue weighted by molar-refractivity contribution is -0.143. The molecule has 126 valence electrons. The average Bonchev–Trinajstić information content (AvgIpc) is 2.56. The molecule has 0 aliphatic carbocycles. The number of ether oxygens (including phenoxy) is 1. The molecule has 1 amide bonds. The molecule has 5 nitrogen and oxygen atoms in total. The summed E-state index contributed by atoms with van der Waals surface area (Å²) in [5.41, 5.74) is 3.64. The zero-order valence-corrected chi connectivity index (χ0v) is 14.2. The Kier molecular flexibility index (Phi) is 6.02. The van der Waals surface area contributed by atoms with Gasteiger partial charge in [0.2, 0.25) is 5.91 Å². The maximum Gasteiger partial charge on any atom is 0.306 e. The molecule has 1 fully saturated rings. The van der Waals surface area contributed by atoms with Crippen molar-refractivity contribution < 1.29 is 14.3 Å². The molecule has 1 atom stereocenters. The van der Waals surface area contributed by atoms with E-state index in [1.54, 1.807) is 0 Å². The molecule has 1 aliphatic heterocycles. The van der Waals surface area contributed by atoms with Gasteiger partial charge in [0.25, 0.3) is 0 Å². The summed E-state index contributed by atoms with van der Waals surface area (Å²) in [7, 11) is 1.34. The summed E-state index contributed by atoms with van der Waals surface area (Å²) < 4.78 is 4.59. The monoisotopic (exact) mass is 318 g/mol. The molecule has 0 aromatic heterocycles. The molecular formula is C18H26N2O3. The molecule has 1 unspecified atom stereocenters. The van der Waals surface area contributed by atoms with Crippen LogP contribution < -0.4 is 5.32 Å². The Balaban J connectivity index is 1.88. The smallest absolute Gasteiger partial charge is 0.306 e. The van der Waals surface area contributed by atoms with Crippen molar-refractivity contribution in [2.24, 2.45) is 0 Å². The number of carbonyl (C=O) groups is 2. The highest BCUT2D eigenvalue weighted by atomic mass is 16.5. The Hall–Kier alpha value is -2.04. The van der Waals surface area contributed by atoms with Gasteiger partial charge in [0.1, 0.15) is 0 Å². The predicted octanol–water partition coefficient (Wildman–Crippen LogP) is 2.66. The largest absolute Gasteiger partial charge is 0.469 e. The zero-order chi connectivity index (χ0) is 16.8. The second-order valence-corrected chi connectivity index (χ2v) is 6.20. The third-order valence-electron chi connectivity index (χ3n) is 4.42. The Morgan fingerprint density at radius 2 is 2.04 bits per heavy atom. The van der Waals surface area contributed by atoms with E-state index < -0.39 is 0 Å². The summed E-state index contributed by atoms with van der Waals surface area (Å²) in [6.07, 6.45) is 2.41. The van der Waals surface area contributed by atoms with Crippen LogP contribution in [0.25, 0.3) is 0 Å². The molecule has 1 aromatic rings. The van der Waals surface area contributed by atoms with Crippen molar-refractivity contribution in [1.29, 1.82) is 0 Å². The van der Waals surface area contributed by atoms with E-state index in [1.807, 2.05) is 4.90 Å². The van der Waals surface area contributed by atoms with Crippen LogP contribution in [0.1, 0.15) is 36.8 Å². The summed E-state index contributed by atoms with van der Waals surface area (Å²) in [6.45, 7) is 5.66. The van der Waals surface area contributed by atoms with Crippen LogP contribution in [0.4, 0.5) is 5.69 Å². The van der Waals surface area contributed by atoms with Gasteiger partial charge in [-0.3, -0.25) is 9.59 Å². The van der Waals surface area contributed by atoms with Gasteiger partial charge in [-0.05, 0) is 49.9 Å². The number of hydrogen-bond acceptors (Lipinski definition) is 4. The number of carbonyl (C=O) groups excluding carboxylic acids is 2. The number of hydrogen-bond donors (Lipinski definition) is 1. The van der Waals surface area contributed by atoms with E-state index in [0.717, 1.165) is 25.1 Å². The molecule has 2 rings (SSSR count). The fourth-order valence-electron chi connectivity index (χ4n) is 2.86. The first-order valence-electron chi connectivity index (χ1n) is 8.18. The Morgan fingerprint density at radius 1 is 1.26 bits per heavy atom. The van der Waals surface area contributed by atoms with Crippen molar-refractivity contribution in [2.75, 3.05) is 25.5 Å². The summed E-state index contributed by atoms with van der Waals surface area (Å²) in [5, 5.41) is 3.52. The number of benzene rings is 1. The van der Waals surface area contributed by atoms with Gasteiger partial charge in [-0.2, -0.15) is 0 Å². The van der Waals surface area contributed by atoms with Crippen molar-refractivity contribution in [1.82, 2.24) is 4.90 Å². The van der Waals surface area contributed by atoms with Crippen LogP contribution in [0.5, 0.6) is 0 Å². The molecule has 0 spiro atoms. The molecule has 1 saturated heterocycles. The van der Waals surface area contributed by atoms with Crippen LogP contribution in [-0.4, -0.2) is 43.0 Å². The van der Waals surface area contributed by atoms with Crippen LogP contribution in [0.2, 0.25) is 0 Å². The van der Waals surface area contributed by atoms with Crippen molar-refractivity contribution in [3.8, 4) is 0 Å². The van der Waals surface area contributed by atoms with Crippen LogP contribution in [-0.2, 0) is 14.3 Å². The number of amides is 1. The first kappa shape index (κ1) is 17.3. The second-order valence-electron chi connectivity index (χ2n) is 6.20. The van der Waals surface area contributed by atoms with Gasteiger partial charge in [0, 0.05) is 31.2 Å². The molecule has 5 heteroatoms. The first-order chi connectivity index (χ1) is 11.0. The van der Waals surface area contributed by atoms with Crippen molar-refractivity contribution in [3.63, 3.8) is 0 Å². The zero-order valence-electron chi connectivity index (χ0n) is 14.2. The lowest BCUT2D eigenvalue weighted by atomic mass is 10.0. The van der Waals surface area contributed by atoms with E-state index in [9.17, 15) is 9.59 Å². The van der Waals surface area contributed by atoms with Gasteiger partial charge in [-0.25, -0.2) is 0 Å². The lowest BCUT2D eigenvalue weighted by Crippen LogP contribution is -2.45. The molecule has 0 radical (unpaired) electrons. The summed E-state index contributed by atoms with van der Waals surface area (Å²) >= 11 is 0. The van der Waals surface area contributed by atoms with Crippen LogP contribution >= 0.6 is 0 Å². The Bertz CT molecular complexity index is 571. The lowest BCUT2D eigenvalue weighted by Gasteiger charge is -2.34. The van der Waals surface area contributed by atoms with Gasteiger partial charge in [-0.1, -0.05) is 6.07 Å². The molecule has 1 aliphatic rings. The van der Waals surface area contributed by atoms with E-state index in [-0.39, 0.29) is 30.8 Å². The fourth-order valence-corrected chi connectivity index (χ4v) is 2.86. The predicted molar refractivity (Wildman–Crippen MR) is 90.4 cm³/mol. The minimum absolute atomic E-state index is 0.0296. The molecule has 1 aromatic carbocycles. The number of aryl methyl sites for hydroxylation is 2. The standard InChI is InChI=1S/C18H26N2O3/c1-13-6-7-15(11-14(13)2)19-16-5-4-10-20(12-16)17(21)8-9-18(22)23-3/h6-7,11,16,19H,4-5,8-10,12H2,1-3H3. The number of likely N-dealkylation sites (tertiary alicyclic amines) is 1. The SMILES string of the molecule is COC(=O)CCC(=O)N1CCCC(Nc2ccc(C)c(C)c2)C1. The van der Waals surface area contributed by atoms with Crippen LogP contribution in [0.15, 0.2) is 18.2 Å². The summed E-state index contributed by atoms with van der Waals surface area (Å²) in [5.74, 6) is -0.304. The third kappa shape index (κ3) is 4.98. The number of nitrogens with zero attached hydrogens (tertiary/aromatic N) is 1. The number of nitrogens with one attached hydrogen (secondary N) is 1. The van der Waals surface area contributed by atoms with E-state index in [4.69, 9.17) is 0 Å². The second kappa shape index (κ2) is 7.99. The van der Waals surface area contributed by atoms with Gasteiger partial charge in [0.15, 0.2) is 0 Å². The molecule has 0 saturated carbocycles. The van der Waals surface area contributed by atoms with Crippen LogP contribution in [0, 0.1) is 13.8 Å². The quantitative estimate of drug-likeness (QED) is 0.848. The summed E-state index contributed by atoms with van der Waals surface area (Å²) in [4.78, 5) is 25.2. The number of anilines is 1. The molecule has 23 heavy (non-hydrogen) atoms.